The van der Waals surface area contributed by atoms with Gasteiger partial charge in [-0.2, -0.15) is 0 Å². The first-order chi connectivity index (χ1) is 21.5. The molecule has 2 aliphatic rings. The molecule has 7 rings (SSSR count). The predicted octanol–water partition coefficient (Wildman–Crippen LogP) is 5.05. The zero-order valence-electron chi connectivity index (χ0n) is 24.5. The molecule has 0 unspecified atom stereocenters. The molecule has 0 spiro atoms. The van der Waals surface area contributed by atoms with Crippen molar-refractivity contribution in [2.24, 2.45) is 0 Å². The summed E-state index contributed by atoms with van der Waals surface area (Å²) in [5, 5.41) is 13.0. The fraction of sp³-hybridized carbons (Fsp3) is 0.250. The number of aromatic nitrogens is 1. The third kappa shape index (κ3) is 4.50. The molecule has 224 valence electrons. The summed E-state index contributed by atoms with van der Waals surface area (Å²) < 4.78 is 32.1. The number of nitrogens with zero attached hydrogens (tertiary/aromatic N) is 1. The summed E-state index contributed by atoms with van der Waals surface area (Å²) in [7, 11) is 3.26. The summed E-state index contributed by atoms with van der Waals surface area (Å²) >= 11 is 0. The lowest BCUT2D eigenvalue weighted by atomic mass is 9.79. The largest absolute Gasteiger partial charge is 0.497 e. The topological polar surface area (TPSA) is 88.4 Å². The molecular weight excluding hydrogens is 558 g/mol. The monoisotopic (exact) mass is 591 g/mol. The summed E-state index contributed by atoms with van der Waals surface area (Å²) in [6.07, 6.45) is -0.868. The Morgan fingerprint density at radius 3 is 2.05 bits per heavy atom. The van der Waals surface area contributed by atoms with Gasteiger partial charge in [-0.25, -0.2) is 0 Å². The second-order valence-electron chi connectivity index (χ2n) is 11.2. The van der Waals surface area contributed by atoms with Crippen LogP contribution in [0.1, 0.15) is 22.9 Å². The number of fused-ring (bicyclic) bond motifs is 3. The summed E-state index contributed by atoms with van der Waals surface area (Å²) in [6.45, 7) is 0.101. The molecule has 5 aromatic rings. The van der Waals surface area contributed by atoms with E-state index < -0.39 is 29.6 Å². The van der Waals surface area contributed by atoms with E-state index in [9.17, 15) is 9.90 Å². The van der Waals surface area contributed by atoms with Gasteiger partial charge in [0.1, 0.15) is 34.9 Å². The van der Waals surface area contributed by atoms with E-state index in [2.05, 4.69) is 0 Å². The maximum atomic E-state index is 13.5. The third-order valence-corrected chi connectivity index (χ3v) is 8.83. The lowest BCUT2D eigenvalue weighted by Crippen LogP contribution is -2.48. The van der Waals surface area contributed by atoms with E-state index in [1.54, 1.807) is 26.5 Å². The lowest BCUT2D eigenvalue weighted by Gasteiger charge is -2.39. The van der Waals surface area contributed by atoms with Crippen LogP contribution in [0.3, 0.4) is 0 Å². The standard InChI is InChI=1S/C36H33NO7/c1-40-28-16-12-26(13-17-28)36(25-9-4-3-5-10-25,27-14-18-29(41-2)19-15-27)43-23-35-22-42-31(32(35)38)34(44-35)37-21-20-24-8-6-7-11-30(24)33(37)39/h3-21,31-32,34,38H,22-23H2,1-2H3/t31-,32+,34-,35-/m1/s1. The second-order valence-corrected chi connectivity index (χ2v) is 11.2. The van der Waals surface area contributed by atoms with E-state index in [1.165, 1.54) is 4.57 Å². The maximum Gasteiger partial charge on any atom is 0.260 e. The number of hydrogen-bond acceptors (Lipinski definition) is 7. The fourth-order valence-corrected chi connectivity index (χ4v) is 6.45. The van der Waals surface area contributed by atoms with Gasteiger partial charge in [-0.15, -0.1) is 0 Å². The zero-order valence-corrected chi connectivity index (χ0v) is 24.5. The van der Waals surface area contributed by atoms with E-state index in [4.69, 9.17) is 23.7 Å². The molecule has 8 heteroatoms. The first-order valence-corrected chi connectivity index (χ1v) is 14.5. The number of hydrogen-bond donors (Lipinski definition) is 1. The number of aliphatic hydroxyl groups excluding tert-OH is 1. The van der Waals surface area contributed by atoms with Gasteiger partial charge in [0.25, 0.3) is 5.56 Å². The van der Waals surface area contributed by atoms with Gasteiger partial charge in [0, 0.05) is 11.6 Å². The average molecular weight is 592 g/mol. The van der Waals surface area contributed by atoms with Crippen molar-refractivity contribution in [3.8, 4) is 11.5 Å². The molecule has 0 saturated carbocycles. The molecule has 4 aromatic carbocycles. The Hall–Kier alpha value is -4.47. The van der Waals surface area contributed by atoms with Crippen LogP contribution in [0.15, 0.2) is 120 Å². The van der Waals surface area contributed by atoms with Gasteiger partial charge in [0.05, 0.1) is 27.4 Å². The summed E-state index contributed by atoms with van der Waals surface area (Å²) in [6, 6.07) is 34.7. The van der Waals surface area contributed by atoms with Gasteiger partial charge in [-0.1, -0.05) is 72.8 Å². The van der Waals surface area contributed by atoms with Crippen molar-refractivity contribution in [1.82, 2.24) is 4.57 Å². The summed E-state index contributed by atoms with van der Waals surface area (Å²) in [5.41, 5.74) is 0.0831. The Morgan fingerprint density at radius 1 is 0.818 bits per heavy atom. The highest BCUT2D eigenvalue weighted by Gasteiger charge is 2.63. The molecule has 3 heterocycles. The van der Waals surface area contributed by atoms with Crippen molar-refractivity contribution in [2.75, 3.05) is 27.4 Å². The molecule has 0 radical (unpaired) electrons. The number of rotatable bonds is 9. The van der Waals surface area contributed by atoms with Crippen molar-refractivity contribution in [3.63, 3.8) is 0 Å². The van der Waals surface area contributed by atoms with Gasteiger partial charge in [-0.05, 0) is 58.5 Å². The van der Waals surface area contributed by atoms with Crippen LogP contribution in [0.25, 0.3) is 10.8 Å². The molecule has 1 N–H and O–H groups in total. The molecular formula is C36H33NO7. The Balaban J connectivity index is 1.30. The summed E-state index contributed by atoms with van der Waals surface area (Å²) in [5.74, 6) is 1.43. The lowest BCUT2D eigenvalue weighted by molar-refractivity contribution is -0.204. The molecule has 0 aliphatic carbocycles. The zero-order chi connectivity index (χ0) is 30.3. The van der Waals surface area contributed by atoms with Crippen molar-refractivity contribution in [3.05, 3.63) is 142 Å². The molecule has 1 aromatic heterocycles. The van der Waals surface area contributed by atoms with E-state index in [0.29, 0.717) is 16.9 Å². The van der Waals surface area contributed by atoms with Crippen LogP contribution in [-0.4, -0.2) is 54.9 Å². The number of ether oxygens (including phenoxy) is 5. The molecule has 0 amide bonds. The number of pyridine rings is 1. The normalized spacial score (nSPS) is 22.8. The minimum atomic E-state index is -1.21. The van der Waals surface area contributed by atoms with Gasteiger partial charge >= 0.3 is 0 Å². The molecule has 4 atom stereocenters. The highest BCUT2D eigenvalue weighted by atomic mass is 16.7. The van der Waals surface area contributed by atoms with Crippen LogP contribution in [0.2, 0.25) is 0 Å². The Labute approximate surface area is 255 Å². The van der Waals surface area contributed by atoms with Crippen LogP contribution < -0.4 is 15.0 Å². The van der Waals surface area contributed by atoms with E-state index in [0.717, 1.165) is 22.1 Å². The first-order valence-electron chi connectivity index (χ1n) is 14.5. The van der Waals surface area contributed by atoms with E-state index in [1.807, 2.05) is 103 Å². The quantitative estimate of drug-likeness (QED) is 0.240. The van der Waals surface area contributed by atoms with Crippen LogP contribution in [0.5, 0.6) is 11.5 Å². The van der Waals surface area contributed by atoms with E-state index >= 15 is 0 Å². The average Bonchev–Trinajstić information content (AvgIpc) is 3.55. The number of methoxy groups -OCH3 is 2. The molecule has 2 saturated heterocycles. The van der Waals surface area contributed by atoms with Crippen LogP contribution in [0, 0.1) is 0 Å². The molecule has 8 nitrogen and oxygen atoms in total. The first kappa shape index (κ1) is 28.3. The van der Waals surface area contributed by atoms with Crippen molar-refractivity contribution in [1.29, 1.82) is 0 Å². The molecule has 2 bridgehead atoms. The Morgan fingerprint density at radius 2 is 1.41 bits per heavy atom. The minimum absolute atomic E-state index is 0.0174. The predicted molar refractivity (Wildman–Crippen MR) is 165 cm³/mol. The molecule has 2 fully saturated rings. The highest BCUT2D eigenvalue weighted by Crippen LogP contribution is 2.48. The van der Waals surface area contributed by atoms with Crippen LogP contribution in [0.4, 0.5) is 0 Å². The SMILES string of the molecule is COc1ccc(C(OC[C@@]23CO[C@@H]([C@H](n4ccc5ccccc5c4=O)O2)[C@@H]3O)(c2ccccc2)c2ccc(OC)cc2)cc1. The molecule has 2 aliphatic heterocycles. The fourth-order valence-electron chi connectivity index (χ4n) is 6.45. The van der Waals surface area contributed by atoms with Gasteiger partial charge < -0.3 is 28.8 Å². The summed E-state index contributed by atoms with van der Waals surface area (Å²) in [4.78, 5) is 13.5. The van der Waals surface area contributed by atoms with E-state index in [-0.39, 0.29) is 18.8 Å². The number of benzene rings is 4. The smallest absolute Gasteiger partial charge is 0.260 e. The van der Waals surface area contributed by atoms with Gasteiger partial charge in [0.15, 0.2) is 6.23 Å². The Bertz CT molecular complexity index is 1770. The van der Waals surface area contributed by atoms with Crippen molar-refractivity contribution < 1.29 is 28.8 Å². The number of aliphatic hydroxyl groups is 1. The van der Waals surface area contributed by atoms with Crippen molar-refractivity contribution >= 4 is 10.8 Å². The van der Waals surface area contributed by atoms with Crippen molar-refractivity contribution in [2.45, 2.75) is 29.6 Å². The van der Waals surface area contributed by atoms with Gasteiger partial charge in [-0.3, -0.25) is 9.36 Å². The van der Waals surface area contributed by atoms with Crippen LogP contribution >= 0.6 is 0 Å². The Kier molecular flexibility index (Phi) is 7.22. The van der Waals surface area contributed by atoms with Gasteiger partial charge in [0.2, 0.25) is 0 Å². The minimum Gasteiger partial charge on any atom is -0.497 e. The van der Waals surface area contributed by atoms with Crippen LogP contribution in [-0.2, 0) is 19.8 Å². The molecule has 44 heavy (non-hydrogen) atoms. The third-order valence-electron chi connectivity index (χ3n) is 8.83. The second kappa shape index (κ2) is 11.2. The maximum absolute atomic E-state index is 13.5. The highest BCUT2D eigenvalue weighted by molar-refractivity contribution is 5.81.